The minimum Gasteiger partial charge on any atom is -0.463 e. The van der Waals surface area contributed by atoms with Gasteiger partial charge in [0.25, 0.3) is 0 Å². The highest BCUT2D eigenvalue weighted by atomic mass is 16.5. The zero-order valence-corrected chi connectivity index (χ0v) is 20.0. The molecule has 0 spiro atoms. The maximum atomic E-state index is 13.4. The zero-order chi connectivity index (χ0) is 24.2. The Kier molecular flexibility index (Phi) is 7.42. The molecule has 174 valence electrons. The van der Waals surface area contributed by atoms with Gasteiger partial charge in [-0.15, -0.1) is 0 Å². The van der Waals surface area contributed by atoms with Gasteiger partial charge in [0.05, 0.1) is 12.2 Å². The SMILES string of the molecule is C=C(/C=C\C(=C/N)C1C2=C(CC(C)(C)CC2=O)NC(CC)=C1C(=O)OCC)c1ccccc1. The molecule has 2 aliphatic rings. The van der Waals surface area contributed by atoms with Crippen LogP contribution < -0.4 is 11.1 Å². The van der Waals surface area contributed by atoms with Gasteiger partial charge in [-0.1, -0.05) is 69.8 Å². The molecular weight excluding hydrogens is 412 g/mol. The fraction of sp³-hybridized carbons (Fsp3) is 0.357. The van der Waals surface area contributed by atoms with E-state index >= 15 is 0 Å². The van der Waals surface area contributed by atoms with Gasteiger partial charge in [-0.3, -0.25) is 4.79 Å². The van der Waals surface area contributed by atoms with Crippen molar-refractivity contribution in [3.8, 4) is 0 Å². The maximum Gasteiger partial charge on any atom is 0.336 e. The van der Waals surface area contributed by atoms with Crippen molar-refractivity contribution in [2.24, 2.45) is 17.1 Å². The van der Waals surface area contributed by atoms with E-state index in [1.165, 1.54) is 6.20 Å². The van der Waals surface area contributed by atoms with Crippen LogP contribution in [-0.2, 0) is 14.3 Å². The number of dihydropyridines is 1. The van der Waals surface area contributed by atoms with Crippen molar-refractivity contribution in [2.75, 3.05) is 6.61 Å². The lowest BCUT2D eigenvalue weighted by molar-refractivity contribution is -0.139. The van der Waals surface area contributed by atoms with Gasteiger partial charge in [0.1, 0.15) is 0 Å². The largest absolute Gasteiger partial charge is 0.463 e. The van der Waals surface area contributed by atoms with Gasteiger partial charge in [-0.05, 0) is 48.1 Å². The molecule has 3 N–H and O–H groups in total. The third-order valence-electron chi connectivity index (χ3n) is 6.12. The number of nitrogens with two attached hydrogens (primary N) is 1. The van der Waals surface area contributed by atoms with Crippen LogP contribution in [0.4, 0.5) is 0 Å². The Morgan fingerprint density at radius 2 is 1.91 bits per heavy atom. The molecule has 3 rings (SSSR count). The van der Waals surface area contributed by atoms with Gasteiger partial charge < -0.3 is 15.8 Å². The minimum atomic E-state index is -0.580. The Morgan fingerprint density at radius 1 is 1.21 bits per heavy atom. The van der Waals surface area contributed by atoms with Crippen molar-refractivity contribution in [2.45, 2.75) is 47.0 Å². The number of esters is 1. The number of benzene rings is 1. The van der Waals surface area contributed by atoms with Crippen molar-refractivity contribution >= 4 is 17.3 Å². The molecule has 0 amide bonds. The molecule has 0 bridgehead atoms. The molecule has 1 aromatic rings. The highest BCUT2D eigenvalue weighted by Crippen LogP contribution is 2.45. The molecule has 1 aromatic carbocycles. The third-order valence-corrected chi connectivity index (χ3v) is 6.12. The van der Waals surface area contributed by atoms with E-state index in [1.54, 1.807) is 6.92 Å². The predicted molar refractivity (Wildman–Crippen MR) is 133 cm³/mol. The summed E-state index contributed by atoms with van der Waals surface area (Å²) in [6.45, 7) is 12.3. The molecule has 1 aliphatic heterocycles. The lowest BCUT2D eigenvalue weighted by Gasteiger charge is -2.40. The van der Waals surface area contributed by atoms with E-state index in [-0.39, 0.29) is 17.8 Å². The molecule has 33 heavy (non-hydrogen) atoms. The number of rotatable bonds is 7. The molecule has 1 unspecified atom stereocenters. The summed E-state index contributed by atoms with van der Waals surface area (Å²) in [5.74, 6) is -0.973. The fourth-order valence-corrected chi connectivity index (χ4v) is 4.60. The smallest absolute Gasteiger partial charge is 0.336 e. The predicted octanol–water partition coefficient (Wildman–Crippen LogP) is 5.19. The van der Waals surface area contributed by atoms with Crippen LogP contribution in [0.2, 0.25) is 0 Å². The topological polar surface area (TPSA) is 81.4 Å². The van der Waals surface area contributed by atoms with Gasteiger partial charge in [-0.25, -0.2) is 4.79 Å². The van der Waals surface area contributed by atoms with E-state index in [0.29, 0.717) is 29.6 Å². The second-order valence-corrected chi connectivity index (χ2v) is 9.25. The lowest BCUT2D eigenvalue weighted by atomic mass is 9.68. The zero-order valence-electron chi connectivity index (χ0n) is 20.0. The first-order chi connectivity index (χ1) is 15.7. The summed E-state index contributed by atoms with van der Waals surface area (Å²) < 4.78 is 5.41. The summed E-state index contributed by atoms with van der Waals surface area (Å²) in [6, 6.07) is 9.82. The summed E-state index contributed by atoms with van der Waals surface area (Å²) in [4.78, 5) is 26.5. The number of carbonyl (C=O) groups is 2. The summed E-state index contributed by atoms with van der Waals surface area (Å²) in [5.41, 5.74) is 11.1. The number of hydrogen-bond acceptors (Lipinski definition) is 5. The fourth-order valence-electron chi connectivity index (χ4n) is 4.60. The van der Waals surface area contributed by atoms with Crippen LogP contribution >= 0.6 is 0 Å². The number of Topliss-reactive ketones (excluding diaryl/α,β-unsaturated/α-hetero) is 1. The van der Waals surface area contributed by atoms with Gasteiger partial charge in [0.15, 0.2) is 5.78 Å². The molecule has 0 saturated heterocycles. The van der Waals surface area contributed by atoms with Crippen molar-refractivity contribution in [1.29, 1.82) is 0 Å². The average Bonchev–Trinajstić information content (AvgIpc) is 2.78. The quantitative estimate of drug-likeness (QED) is 0.445. The first kappa shape index (κ1) is 24.3. The second-order valence-electron chi connectivity index (χ2n) is 9.25. The van der Waals surface area contributed by atoms with E-state index in [4.69, 9.17) is 10.5 Å². The molecule has 0 radical (unpaired) electrons. The van der Waals surface area contributed by atoms with Crippen molar-refractivity contribution in [1.82, 2.24) is 5.32 Å². The van der Waals surface area contributed by atoms with E-state index < -0.39 is 11.9 Å². The van der Waals surface area contributed by atoms with Crippen LogP contribution in [0.15, 0.2) is 83.4 Å². The molecule has 5 nitrogen and oxygen atoms in total. The molecule has 1 aliphatic carbocycles. The summed E-state index contributed by atoms with van der Waals surface area (Å²) in [6.07, 6.45) is 6.96. The molecule has 1 heterocycles. The highest BCUT2D eigenvalue weighted by Gasteiger charge is 2.43. The second kappa shape index (κ2) is 10.1. The summed E-state index contributed by atoms with van der Waals surface area (Å²) >= 11 is 0. The Bertz CT molecular complexity index is 1070. The maximum absolute atomic E-state index is 13.4. The van der Waals surface area contributed by atoms with Crippen molar-refractivity contribution in [3.05, 3.63) is 88.9 Å². The molecular formula is C28H34N2O3. The van der Waals surface area contributed by atoms with Crippen LogP contribution in [0.25, 0.3) is 5.57 Å². The van der Waals surface area contributed by atoms with Crippen LogP contribution in [0.1, 0.15) is 52.5 Å². The molecule has 5 heteroatoms. The van der Waals surface area contributed by atoms with Crippen LogP contribution in [0.5, 0.6) is 0 Å². The monoisotopic (exact) mass is 446 g/mol. The lowest BCUT2D eigenvalue weighted by Crippen LogP contribution is -2.40. The van der Waals surface area contributed by atoms with Gasteiger partial charge in [0.2, 0.25) is 0 Å². The van der Waals surface area contributed by atoms with E-state index in [2.05, 4.69) is 25.7 Å². The molecule has 1 atom stereocenters. The Hall–Kier alpha value is -3.34. The average molecular weight is 447 g/mol. The third kappa shape index (κ3) is 5.19. The standard InChI is InChI=1S/C28H34N2O3/c1-6-21-26(27(32)33-7-2)24(25-22(30-21)15-28(4,5)16-23(25)31)20(17-29)14-13-18(3)19-11-9-8-10-12-19/h8-14,17,24,30H,3,6-7,15-16,29H2,1-2,4-5H3/b14-13-,20-17+. The number of carbonyl (C=O) groups excluding carboxylic acids is 2. The van der Waals surface area contributed by atoms with Crippen LogP contribution in [0, 0.1) is 11.3 Å². The Balaban J connectivity index is 2.11. The Labute approximate surface area is 196 Å². The normalized spacial score (nSPS) is 20.5. The van der Waals surface area contributed by atoms with E-state index in [1.807, 2.05) is 49.4 Å². The number of allylic oxidation sites excluding steroid dienone is 7. The Morgan fingerprint density at radius 3 is 2.52 bits per heavy atom. The number of hydrogen-bond donors (Lipinski definition) is 2. The van der Waals surface area contributed by atoms with Gasteiger partial charge >= 0.3 is 5.97 Å². The molecule has 0 aromatic heterocycles. The van der Waals surface area contributed by atoms with Gasteiger partial charge in [-0.2, -0.15) is 0 Å². The highest BCUT2D eigenvalue weighted by molar-refractivity contribution is 6.03. The summed E-state index contributed by atoms with van der Waals surface area (Å²) in [7, 11) is 0. The first-order valence-electron chi connectivity index (χ1n) is 11.5. The van der Waals surface area contributed by atoms with Crippen LogP contribution in [-0.4, -0.2) is 18.4 Å². The van der Waals surface area contributed by atoms with Crippen LogP contribution in [0.3, 0.4) is 0 Å². The van der Waals surface area contributed by atoms with Crippen molar-refractivity contribution in [3.63, 3.8) is 0 Å². The number of ketones is 1. The number of ether oxygens (including phenoxy) is 1. The first-order valence-corrected chi connectivity index (χ1v) is 11.5. The van der Waals surface area contributed by atoms with Crippen molar-refractivity contribution < 1.29 is 14.3 Å². The number of nitrogens with one attached hydrogen (secondary N) is 1. The summed E-state index contributed by atoms with van der Waals surface area (Å²) in [5, 5.41) is 3.41. The van der Waals surface area contributed by atoms with E-state index in [0.717, 1.165) is 29.0 Å². The van der Waals surface area contributed by atoms with E-state index in [9.17, 15) is 9.59 Å². The van der Waals surface area contributed by atoms with Gasteiger partial charge in [0, 0.05) is 29.3 Å². The molecule has 0 fully saturated rings. The minimum absolute atomic E-state index is 0.0327. The molecule has 0 saturated carbocycles.